The van der Waals surface area contributed by atoms with Crippen LogP contribution in [0, 0.1) is 5.41 Å². The van der Waals surface area contributed by atoms with Gasteiger partial charge in [0.1, 0.15) is 16.8 Å². The van der Waals surface area contributed by atoms with Crippen LogP contribution in [0.4, 0.5) is 0 Å². The average Bonchev–Trinajstić information content (AvgIpc) is 2.86. The highest BCUT2D eigenvalue weighted by molar-refractivity contribution is 6.31. The van der Waals surface area contributed by atoms with Crippen molar-refractivity contribution in [2.45, 2.75) is 13.1 Å². The second kappa shape index (κ2) is 8.96. The number of pyridine rings is 2. The maximum absolute atomic E-state index is 13.3. The van der Waals surface area contributed by atoms with E-state index in [4.69, 9.17) is 17.0 Å². The lowest BCUT2D eigenvalue weighted by Gasteiger charge is -2.15. The Morgan fingerprint density at radius 3 is 2.53 bits per heavy atom. The van der Waals surface area contributed by atoms with Gasteiger partial charge in [-0.15, -0.1) is 0 Å². The van der Waals surface area contributed by atoms with Gasteiger partial charge in [-0.25, -0.2) is 4.98 Å². The van der Waals surface area contributed by atoms with Gasteiger partial charge in [-0.3, -0.25) is 19.4 Å². The Kier molecular flexibility index (Phi) is 5.69. The van der Waals surface area contributed by atoms with Crippen molar-refractivity contribution in [1.29, 1.82) is 5.41 Å². The van der Waals surface area contributed by atoms with E-state index in [2.05, 4.69) is 10.3 Å². The van der Waals surface area contributed by atoms with Crippen LogP contribution < -0.4 is 16.4 Å². The molecular weight excluding hydrogens is 450 g/mol. The largest absolute Gasteiger partial charge is 0.348 e. The maximum Gasteiger partial charge on any atom is 0.267 e. The molecule has 8 heteroatoms. The molecule has 2 N–H and O–H groups in total. The number of hydrogen-bond donors (Lipinski definition) is 2. The van der Waals surface area contributed by atoms with Gasteiger partial charge in [0.2, 0.25) is 0 Å². The number of rotatable bonds is 5. The van der Waals surface area contributed by atoms with E-state index in [1.807, 2.05) is 48.5 Å². The summed E-state index contributed by atoms with van der Waals surface area (Å²) in [5, 5.41) is 12.5. The maximum atomic E-state index is 13.3. The molecule has 7 nitrogen and oxygen atoms in total. The lowest BCUT2D eigenvalue weighted by atomic mass is 10.1. The summed E-state index contributed by atoms with van der Waals surface area (Å²) in [6, 6.07) is 23.5. The molecule has 0 saturated carbocycles. The number of nitrogens with one attached hydrogen (secondary N) is 2. The molecule has 34 heavy (non-hydrogen) atoms. The van der Waals surface area contributed by atoms with Gasteiger partial charge in [0.05, 0.1) is 17.5 Å². The van der Waals surface area contributed by atoms with E-state index in [1.54, 1.807) is 35.0 Å². The van der Waals surface area contributed by atoms with Crippen molar-refractivity contribution in [3.63, 3.8) is 0 Å². The molecule has 0 unspecified atom stereocenters. The van der Waals surface area contributed by atoms with E-state index in [0.717, 1.165) is 11.1 Å². The fraction of sp³-hybridized carbons (Fsp3) is 0.0769. The lowest BCUT2D eigenvalue weighted by molar-refractivity contribution is 0.0948. The fourth-order valence-electron chi connectivity index (χ4n) is 3.88. The van der Waals surface area contributed by atoms with Crippen LogP contribution in [0.25, 0.3) is 16.7 Å². The van der Waals surface area contributed by atoms with Crippen LogP contribution in [-0.2, 0) is 13.1 Å². The molecule has 2 aromatic carbocycles. The summed E-state index contributed by atoms with van der Waals surface area (Å²) in [6.45, 7) is 0.487. The van der Waals surface area contributed by atoms with Crippen LogP contribution in [0.2, 0.25) is 5.02 Å². The second-order valence-electron chi connectivity index (χ2n) is 7.84. The number of carbonyl (C=O) groups excluding carboxylic acids is 1. The summed E-state index contributed by atoms with van der Waals surface area (Å²) in [5.74, 6) is -0.443. The predicted octanol–water partition coefficient (Wildman–Crippen LogP) is 3.76. The molecule has 0 atom stereocenters. The Morgan fingerprint density at radius 1 is 1.00 bits per heavy atom. The highest BCUT2D eigenvalue weighted by Crippen LogP contribution is 2.18. The monoisotopic (exact) mass is 469 g/mol. The fourth-order valence-corrected chi connectivity index (χ4v) is 4.08. The third kappa shape index (κ3) is 3.97. The summed E-state index contributed by atoms with van der Waals surface area (Å²) in [7, 11) is 0. The van der Waals surface area contributed by atoms with Gasteiger partial charge >= 0.3 is 0 Å². The van der Waals surface area contributed by atoms with Crippen LogP contribution >= 0.6 is 11.6 Å². The highest BCUT2D eigenvalue weighted by atomic mass is 35.5. The van der Waals surface area contributed by atoms with Crippen molar-refractivity contribution in [3.8, 4) is 0 Å². The Labute approximate surface area is 199 Å². The van der Waals surface area contributed by atoms with Crippen molar-refractivity contribution >= 4 is 34.2 Å². The molecule has 0 aliphatic carbocycles. The molecule has 0 spiro atoms. The van der Waals surface area contributed by atoms with Crippen molar-refractivity contribution in [2.24, 2.45) is 0 Å². The number of fused-ring (bicyclic) bond motifs is 2. The predicted molar refractivity (Wildman–Crippen MR) is 131 cm³/mol. The number of carbonyl (C=O) groups is 1. The molecule has 3 aromatic heterocycles. The molecule has 0 aliphatic heterocycles. The summed E-state index contributed by atoms with van der Waals surface area (Å²) in [6.07, 6.45) is 1.63. The molecule has 3 heterocycles. The van der Waals surface area contributed by atoms with Crippen LogP contribution in [0.5, 0.6) is 0 Å². The molecule has 168 valence electrons. The standard InChI is InChI=1S/C26H20ClN5O2/c27-21-11-5-4-10-18(21)16-32-23(28)19(25(33)29-15-17-8-2-1-3-9-17)14-20-24(32)30-22-12-6-7-13-31(22)26(20)34/h1-14,28H,15-16H2,(H,29,33). The smallest absolute Gasteiger partial charge is 0.267 e. The Balaban J connectivity index is 1.69. The van der Waals surface area contributed by atoms with Crippen molar-refractivity contribution in [1.82, 2.24) is 19.3 Å². The van der Waals surface area contributed by atoms with E-state index in [1.165, 1.54) is 10.5 Å². The second-order valence-corrected chi connectivity index (χ2v) is 8.24. The van der Waals surface area contributed by atoms with Crippen molar-refractivity contribution in [2.75, 3.05) is 0 Å². The number of amides is 1. The summed E-state index contributed by atoms with van der Waals surface area (Å²) >= 11 is 6.38. The zero-order valence-corrected chi connectivity index (χ0v) is 18.8. The normalized spacial score (nSPS) is 11.1. The summed E-state index contributed by atoms with van der Waals surface area (Å²) < 4.78 is 2.99. The SMILES string of the molecule is N=c1c(C(=O)NCc2ccccc2)cc2c(=O)n3ccccc3nc2n1Cc1ccccc1Cl. The lowest BCUT2D eigenvalue weighted by Crippen LogP contribution is -2.35. The quantitative estimate of drug-likeness (QED) is 0.384. The number of aromatic nitrogens is 3. The molecule has 0 fully saturated rings. The molecule has 5 aromatic rings. The zero-order chi connectivity index (χ0) is 23.7. The van der Waals surface area contributed by atoms with Gasteiger partial charge < -0.3 is 9.88 Å². The number of nitrogens with zero attached hydrogens (tertiary/aromatic N) is 3. The van der Waals surface area contributed by atoms with Gasteiger partial charge in [-0.05, 0) is 35.4 Å². The number of hydrogen-bond acceptors (Lipinski definition) is 4. The van der Waals surface area contributed by atoms with E-state index in [-0.39, 0.29) is 28.5 Å². The van der Waals surface area contributed by atoms with E-state index < -0.39 is 5.91 Å². The van der Waals surface area contributed by atoms with Crippen LogP contribution in [0.15, 0.2) is 89.9 Å². The third-order valence-corrected chi connectivity index (χ3v) is 6.01. The summed E-state index contributed by atoms with van der Waals surface area (Å²) in [5.41, 5.74) is 2.18. The molecule has 0 radical (unpaired) electrons. The van der Waals surface area contributed by atoms with E-state index in [9.17, 15) is 9.59 Å². The van der Waals surface area contributed by atoms with Crippen LogP contribution in [-0.4, -0.2) is 19.9 Å². The highest BCUT2D eigenvalue weighted by Gasteiger charge is 2.18. The van der Waals surface area contributed by atoms with Crippen molar-refractivity contribution in [3.05, 3.63) is 123 Å². The van der Waals surface area contributed by atoms with Crippen LogP contribution in [0.3, 0.4) is 0 Å². The van der Waals surface area contributed by atoms with Gasteiger partial charge in [0.15, 0.2) is 0 Å². The molecule has 1 amide bonds. The first-order valence-corrected chi connectivity index (χ1v) is 11.1. The zero-order valence-electron chi connectivity index (χ0n) is 18.0. The first kappa shape index (κ1) is 21.6. The van der Waals surface area contributed by atoms with E-state index in [0.29, 0.717) is 22.9 Å². The minimum absolute atomic E-state index is 0.0508. The van der Waals surface area contributed by atoms with Gasteiger partial charge in [-0.1, -0.05) is 66.2 Å². The van der Waals surface area contributed by atoms with Crippen LogP contribution in [0.1, 0.15) is 21.5 Å². The van der Waals surface area contributed by atoms with Gasteiger partial charge in [-0.2, -0.15) is 0 Å². The summed E-state index contributed by atoms with van der Waals surface area (Å²) in [4.78, 5) is 31.1. The molecular formula is C26H20ClN5O2. The average molecular weight is 470 g/mol. The first-order valence-electron chi connectivity index (χ1n) is 10.7. The Bertz CT molecular complexity index is 1660. The third-order valence-electron chi connectivity index (χ3n) is 5.65. The number of halogens is 1. The molecule has 5 rings (SSSR count). The molecule has 0 bridgehead atoms. The van der Waals surface area contributed by atoms with Crippen molar-refractivity contribution < 1.29 is 4.79 Å². The Hall–Kier alpha value is -4.23. The van der Waals surface area contributed by atoms with Gasteiger partial charge in [0, 0.05) is 17.8 Å². The Morgan fingerprint density at radius 2 is 1.74 bits per heavy atom. The van der Waals surface area contributed by atoms with Gasteiger partial charge in [0.25, 0.3) is 11.5 Å². The topological polar surface area (TPSA) is 92.2 Å². The molecule has 0 aliphatic rings. The number of benzene rings is 2. The minimum Gasteiger partial charge on any atom is -0.348 e. The van der Waals surface area contributed by atoms with E-state index >= 15 is 0 Å². The first-order chi connectivity index (χ1) is 16.5. The molecule has 0 saturated heterocycles. The minimum atomic E-state index is -0.443.